The zero-order chi connectivity index (χ0) is 16.0. The molecule has 0 amide bonds. The number of hydrogen-bond donors (Lipinski definition) is 1. The molecule has 2 aromatic rings. The molecule has 0 heterocycles. The number of hydrogen-bond acceptors (Lipinski definition) is 9. The summed E-state index contributed by atoms with van der Waals surface area (Å²) in [6.45, 7) is 0. The number of nitrogens with zero attached hydrogens (tertiary/aromatic N) is 1. The van der Waals surface area contributed by atoms with Gasteiger partial charge in [-0.05, 0) is 28.8 Å². The molecule has 0 saturated carbocycles. The SMILES string of the molecule is O=Nc1c(O)c(S(=O)(=O)[O-])cc2cc(S(=O)(=O)[O-])ccc12.[Ba+2]. The van der Waals surface area contributed by atoms with Crippen LogP contribution in [0.15, 0.2) is 39.2 Å². The number of nitroso groups, excluding NO2 is 1. The van der Waals surface area contributed by atoms with E-state index >= 15 is 0 Å². The standard InChI is InChI=1S/C10H7NO8S2.Ba/c12-10-8(21(17,18)19)4-5-3-6(20(14,15)16)1-2-7(5)9(10)11-13;/h1-4,12H,(H,14,15,16)(H,17,18,19);/q;+2/p-2. The molecular weight excluding hydrogens is 464 g/mol. The van der Waals surface area contributed by atoms with Gasteiger partial charge in [-0.15, -0.1) is 4.91 Å². The summed E-state index contributed by atoms with van der Waals surface area (Å²) in [5.41, 5.74) is -0.739. The van der Waals surface area contributed by atoms with Gasteiger partial charge in [-0.25, -0.2) is 16.8 Å². The van der Waals surface area contributed by atoms with Gasteiger partial charge in [0.15, 0.2) is 11.4 Å². The molecule has 22 heavy (non-hydrogen) atoms. The van der Waals surface area contributed by atoms with E-state index in [9.17, 15) is 36.0 Å². The molecule has 1 N–H and O–H groups in total. The maximum atomic E-state index is 11.0. The number of aromatic hydroxyl groups is 1. The fraction of sp³-hybridized carbons (Fsp3) is 0. The van der Waals surface area contributed by atoms with Crippen LogP contribution in [-0.4, -0.2) is 79.9 Å². The van der Waals surface area contributed by atoms with E-state index in [1.165, 1.54) is 0 Å². The molecule has 0 spiro atoms. The maximum Gasteiger partial charge on any atom is 2.00 e. The zero-order valence-corrected chi connectivity index (χ0v) is 16.7. The third-order valence-electron chi connectivity index (χ3n) is 2.67. The molecular formula is C10H5BaNO8S2. The van der Waals surface area contributed by atoms with Crippen LogP contribution in [0.3, 0.4) is 0 Å². The number of phenols is 1. The van der Waals surface area contributed by atoms with Crippen molar-refractivity contribution >= 4 is 85.6 Å². The Kier molecular flexibility index (Phi) is 5.81. The monoisotopic (exact) mass is 469 g/mol. The number of phenolic OH excluding ortho intramolecular Hbond substituents is 1. The summed E-state index contributed by atoms with van der Waals surface area (Å²) < 4.78 is 65.8. The second-order valence-corrected chi connectivity index (χ2v) is 6.68. The first kappa shape index (κ1) is 19.5. The van der Waals surface area contributed by atoms with Gasteiger partial charge in [-0.2, -0.15) is 0 Å². The van der Waals surface area contributed by atoms with Gasteiger partial charge in [0.1, 0.15) is 20.2 Å². The molecule has 0 bridgehead atoms. The molecule has 2 rings (SSSR count). The first-order valence-corrected chi connectivity index (χ1v) is 7.92. The summed E-state index contributed by atoms with van der Waals surface area (Å²) in [5.74, 6) is -1.13. The maximum absolute atomic E-state index is 11.0. The van der Waals surface area contributed by atoms with Gasteiger partial charge in [0, 0.05) is 5.39 Å². The fourth-order valence-electron chi connectivity index (χ4n) is 1.77. The third kappa shape index (κ3) is 3.69. The first-order valence-electron chi connectivity index (χ1n) is 5.10. The van der Waals surface area contributed by atoms with Crippen molar-refractivity contribution in [2.45, 2.75) is 9.79 Å². The van der Waals surface area contributed by atoms with Crippen molar-refractivity contribution in [3.8, 4) is 5.75 Å². The molecule has 0 unspecified atom stereocenters. The first-order chi connectivity index (χ1) is 9.55. The second-order valence-electron chi connectivity index (χ2n) is 3.95. The van der Waals surface area contributed by atoms with Crippen LogP contribution in [-0.2, 0) is 20.2 Å². The van der Waals surface area contributed by atoms with Crippen LogP contribution in [0.2, 0.25) is 0 Å². The Labute approximate surface area is 164 Å². The van der Waals surface area contributed by atoms with E-state index in [0.29, 0.717) is 6.07 Å². The minimum Gasteiger partial charge on any atom is -0.744 e. The Balaban J connectivity index is 0.00000242. The van der Waals surface area contributed by atoms with Crippen LogP contribution in [0.1, 0.15) is 0 Å². The molecule has 0 aliphatic heterocycles. The second kappa shape index (κ2) is 6.54. The van der Waals surface area contributed by atoms with Gasteiger partial charge < -0.3 is 14.2 Å². The van der Waals surface area contributed by atoms with Crippen LogP contribution in [0, 0.1) is 4.91 Å². The van der Waals surface area contributed by atoms with Crippen molar-refractivity contribution in [2.75, 3.05) is 0 Å². The molecule has 112 valence electrons. The van der Waals surface area contributed by atoms with E-state index in [-0.39, 0.29) is 59.7 Å². The predicted octanol–water partition coefficient (Wildman–Crippen LogP) is 0.371. The van der Waals surface area contributed by atoms with E-state index in [4.69, 9.17) is 0 Å². The largest absolute Gasteiger partial charge is 2.00 e. The minimum absolute atomic E-state index is 0. The number of benzene rings is 2. The van der Waals surface area contributed by atoms with Gasteiger partial charge >= 0.3 is 48.9 Å². The quantitative estimate of drug-likeness (QED) is 0.383. The Morgan fingerprint density at radius 3 is 2.05 bits per heavy atom. The van der Waals surface area contributed by atoms with Crippen LogP contribution in [0.5, 0.6) is 5.75 Å². The summed E-state index contributed by atoms with van der Waals surface area (Å²) in [6.07, 6.45) is 0. The average Bonchev–Trinajstić information content (AvgIpc) is 2.35. The van der Waals surface area contributed by atoms with Crippen molar-refractivity contribution in [1.29, 1.82) is 0 Å². The van der Waals surface area contributed by atoms with E-state index in [2.05, 4.69) is 5.18 Å². The normalized spacial score (nSPS) is 11.9. The number of rotatable bonds is 3. The minimum atomic E-state index is -5.13. The van der Waals surface area contributed by atoms with Gasteiger partial charge in [0.2, 0.25) is 0 Å². The molecule has 2 aromatic carbocycles. The van der Waals surface area contributed by atoms with Gasteiger partial charge in [-0.1, -0.05) is 6.07 Å². The van der Waals surface area contributed by atoms with E-state index < -0.39 is 41.5 Å². The third-order valence-corrected chi connectivity index (χ3v) is 4.35. The molecule has 0 saturated heterocycles. The molecule has 0 fully saturated rings. The van der Waals surface area contributed by atoms with Crippen molar-refractivity contribution in [2.24, 2.45) is 5.18 Å². The fourth-order valence-corrected chi connectivity index (χ4v) is 2.88. The van der Waals surface area contributed by atoms with Crippen LogP contribution in [0.4, 0.5) is 5.69 Å². The van der Waals surface area contributed by atoms with E-state index in [0.717, 1.165) is 18.2 Å². The molecule has 12 heteroatoms. The smallest absolute Gasteiger partial charge is 0.744 e. The Bertz CT molecular complexity index is 968. The van der Waals surface area contributed by atoms with E-state index in [1.807, 2.05) is 0 Å². The summed E-state index contributed by atoms with van der Waals surface area (Å²) in [7, 11) is -9.95. The predicted molar refractivity (Wildman–Crippen MR) is 72.7 cm³/mol. The Morgan fingerprint density at radius 2 is 1.59 bits per heavy atom. The summed E-state index contributed by atoms with van der Waals surface area (Å²) in [6, 6.07) is 3.30. The van der Waals surface area contributed by atoms with Crippen molar-refractivity contribution in [3.05, 3.63) is 29.2 Å². The summed E-state index contributed by atoms with van der Waals surface area (Å²) in [5, 5.41) is 11.7. The molecule has 0 atom stereocenters. The topological polar surface area (TPSA) is 164 Å². The van der Waals surface area contributed by atoms with Gasteiger partial charge in [0.05, 0.1) is 9.79 Å². The van der Waals surface area contributed by atoms with Crippen molar-refractivity contribution in [3.63, 3.8) is 0 Å². The average molecular weight is 469 g/mol. The van der Waals surface area contributed by atoms with Gasteiger partial charge in [-0.3, -0.25) is 0 Å². The Morgan fingerprint density at radius 1 is 1.00 bits per heavy atom. The molecule has 0 aromatic heterocycles. The summed E-state index contributed by atoms with van der Waals surface area (Å²) >= 11 is 0. The summed E-state index contributed by atoms with van der Waals surface area (Å²) in [4.78, 5) is 8.89. The molecule has 0 aliphatic rings. The molecule has 0 radical (unpaired) electrons. The Hall–Kier alpha value is -0.509. The molecule has 0 aliphatic carbocycles. The van der Waals surface area contributed by atoms with Crippen molar-refractivity contribution < 1.29 is 31.0 Å². The van der Waals surface area contributed by atoms with E-state index in [1.54, 1.807) is 0 Å². The van der Waals surface area contributed by atoms with Crippen LogP contribution in [0.25, 0.3) is 10.8 Å². The van der Waals surface area contributed by atoms with Gasteiger partial charge in [0.25, 0.3) is 0 Å². The van der Waals surface area contributed by atoms with Crippen molar-refractivity contribution in [1.82, 2.24) is 0 Å². The zero-order valence-electron chi connectivity index (χ0n) is 10.6. The molecule has 9 nitrogen and oxygen atoms in total. The van der Waals surface area contributed by atoms with Crippen LogP contribution < -0.4 is 0 Å². The van der Waals surface area contributed by atoms with Crippen LogP contribution >= 0.6 is 0 Å². The number of fused-ring (bicyclic) bond motifs is 1.